The molecule has 4 nitrogen and oxygen atoms in total. The highest BCUT2D eigenvalue weighted by molar-refractivity contribution is 5.98. The molecule has 0 saturated carbocycles. The molecule has 1 aliphatic heterocycles. The van der Waals surface area contributed by atoms with Gasteiger partial charge in [-0.1, -0.05) is 87.7 Å². The van der Waals surface area contributed by atoms with Gasteiger partial charge in [0.05, 0.1) is 0 Å². The molecule has 6 rings (SSSR count). The second kappa shape index (κ2) is 15.2. The Morgan fingerprint density at radius 3 is 2.10 bits per heavy atom. The molecule has 0 spiro atoms. The first-order chi connectivity index (χ1) is 17.6. The van der Waals surface area contributed by atoms with Crippen LogP contribution in [0.5, 0.6) is 0 Å². The number of hydrogen-bond acceptors (Lipinski definition) is 3. The third kappa shape index (κ3) is 8.81. The molecular formula is C34H39BrN2O2. The molecule has 5 heteroatoms. The fourth-order valence-corrected chi connectivity index (χ4v) is 4.95. The van der Waals surface area contributed by atoms with Gasteiger partial charge in [0.15, 0.2) is 30.5 Å². The smallest absolute Gasteiger partial charge is 0.173 e. The minimum atomic E-state index is 0. The molecule has 0 amide bonds. The zero-order chi connectivity index (χ0) is 24.7. The zero-order valence-electron chi connectivity index (χ0n) is 20.9. The number of halogens is 1. The summed E-state index contributed by atoms with van der Waals surface area (Å²) in [5.41, 5.74) is 7.59. The van der Waals surface area contributed by atoms with E-state index in [0.29, 0.717) is 12.8 Å². The van der Waals surface area contributed by atoms with Crippen LogP contribution in [0.3, 0.4) is 0 Å². The van der Waals surface area contributed by atoms with Gasteiger partial charge in [-0.3, -0.25) is 14.5 Å². The topological polar surface area (TPSA) is 41.3 Å². The third-order valence-corrected chi connectivity index (χ3v) is 6.83. The van der Waals surface area contributed by atoms with Gasteiger partial charge in [0.2, 0.25) is 0 Å². The van der Waals surface area contributed by atoms with Gasteiger partial charge >= 0.3 is 0 Å². The van der Waals surface area contributed by atoms with Gasteiger partial charge in [-0.05, 0) is 40.8 Å². The molecule has 0 radical (unpaired) electrons. The van der Waals surface area contributed by atoms with Gasteiger partial charge in [-0.25, -0.2) is 4.57 Å². The zero-order valence-corrected chi connectivity index (χ0v) is 22.4. The summed E-state index contributed by atoms with van der Waals surface area (Å²) >= 11 is 0. The normalized spacial score (nSPS) is 15.5. The van der Waals surface area contributed by atoms with Gasteiger partial charge in [-0.2, -0.15) is 0 Å². The number of ketones is 2. The maximum Gasteiger partial charge on any atom is 0.173 e. The molecule has 2 aliphatic carbocycles. The van der Waals surface area contributed by atoms with Crippen LogP contribution in [0.25, 0.3) is 6.08 Å². The van der Waals surface area contributed by atoms with Crippen molar-refractivity contribution in [2.24, 2.45) is 0 Å². The van der Waals surface area contributed by atoms with Crippen LogP contribution in [-0.4, -0.2) is 29.6 Å². The van der Waals surface area contributed by atoms with Crippen molar-refractivity contribution in [1.29, 1.82) is 0 Å². The summed E-state index contributed by atoms with van der Waals surface area (Å²) in [5.74, 6) is 0.426. The summed E-state index contributed by atoms with van der Waals surface area (Å²) in [6.07, 6.45) is 13.6. The predicted molar refractivity (Wildman–Crippen MR) is 156 cm³/mol. The van der Waals surface area contributed by atoms with E-state index in [0.717, 1.165) is 43.7 Å². The molecule has 0 fully saturated rings. The standard InChI is InChI=1S/C16H17NO.C16H14NO.2CH4.BrH/c2*18-16-7-6-14-8-9-17(12-15(14)10-16)11-13-4-2-1-3-5-13;;;/h1-7H,8-12H2;1-9,12H,10-11H2;2*1H4;1H/q;+1;;;/p-1. The Kier molecular flexibility index (Phi) is 12.4. The summed E-state index contributed by atoms with van der Waals surface area (Å²) in [6.45, 7) is 3.86. The van der Waals surface area contributed by atoms with Crippen LogP contribution in [0.1, 0.15) is 49.9 Å². The van der Waals surface area contributed by atoms with E-state index >= 15 is 0 Å². The van der Waals surface area contributed by atoms with Gasteiger partial charge in [0.1, 0.15) is 0 Å². The largest absolute Gasteiger partial charge is 1.00 e. The first kappa shape index (κ1) is 31.8. The van der Waals surface area contributed by atoms with Gasteiger partial charge in [0, 0.05) is 49.7 Å². The molecule has 1 aromatic heterocycles. The van der Waals surface area contributed by atoms with Crippen molar-refractivity contribution in [3.63, 3.8) is 0 Å². The highest BCUT2D eigenvalue weighted by Crippen LogP contribution is 2.26. The molecule has 0 N–H and O–H groups in total. The SMILES string of the molecule is C.C.O=C1C=CC2=C(C1)CN(Cc1ccccc1)CC2.O=C1C=Cc2cc[n+](Cc3ccccc3)cc2C1.[Br-]. The van der Waals surface area contributed by atoms with Crippen LogP contribution in [0.15, 0.2) is 108 Å². The summed E-state index contributed by atoms with van der Waals surface area (Å²) in [7, 11) is 0. The van der Waals surface area contributed by atoms with Gasteiger partial charge in [0.25, 0.3) is 0 Å². The number of allylic oxidation sites excluding steroid dienone is 3. The molecule has 0 atom stereocenters. The van der Waals surface area contributed by atoms with Gasteiger partial charge < -0.3 is 17.0 Å². The fourth-order valence-electron chi connectivity index (χ4n) is 4.95. The van der Waals surface area contributed by atoms with E-state index in [4.69, 9.17) is 0 Å². The maximum absolute atomic E-state index is 11.4. The Morgan fingerprint density at radius 2 is 1.38 bits per heavy atom. The van der Waals surface area contributed by atoms with Crippen molar-refractivity contribution in [3.05, 3.63) is 131 Å². The third-order valence-electron chi connectivity index (χ3n) is 6.83. The van der Waals surface area contributed by atoms with E-state index in [-0.39, 0.29) is 43.4 Å². The maximum atomic E-state index is 11.4. The molecule has 0 unspecified atom stereocenters. The van der Waals surface area contributed by atoms with E-state index in [1.54, 1.807) is 12.2 Å². The van der Waals surface area contributed by atoms with Crippen molar-refractivity contribution < 1.29 is 31.1 Å². The second-order valence-corrected chi connectivity index (χ2v) is 9.61. The molecule has 0 bridgehead atoms. The number of hydrogen-bond donors (Lipinski definition) is 0. The monoisotopic (exact) mass is 586 g/mol. The highest BCUT2D eigenvalue weighted by atomic mass is 79.9. The molecule has 39 heavy (non-hydrogen) atoms. The van der Waals surface area contributed by atoms with E-state index in [9.17, 15) is 9.59 Å². The average molecular weight is 588 g/mol. The fraction of sp³-hybridized carbons (Fsp3) is 0.265. The summed E-state index contributed by atoms with van der Waals surface area (Å²) in [6, 6.07) is 22.9. The van der Waals surface area contributed by atoms with Crippen molar-refractivity contribution >= 4 is 17.6 Å². The second-order valence-electron chi connectivity index (χ2n) is 9.61. The number of aromatic nitrogens is 1. The van der Waals surface area contributed by atoms with Crippen LogP contribution in [0.2, 0.25) is 0 Å². The van der Waals surface area contributed by atoms with E-state index in [1.165, 1.54) is 22.3 Å². The summed E-state index contributed by atoms with van der Waals surface area (Å²) in [4.78, 5) is 25.3. The Labute approximate surface area is 244 Å². The van der Waals surface area contributed by atoms with Crippen LogP contribution in [0.4, 0.5) is 0 Å². The van der Waals surface area contributed by atoms with Crippen molar-refractivity contribution in [3.8, 4) is 0 Å². The number of benzene rings is 2. The predicted octanol–water partition coefficient (Wildman–Crippen LogP) is 3.15. The lowest BCUT2D eigenvalue weighted by molar-refractivity contribution is -0.688. The number of fused-ring (bicyclic) bond motifs is 1. The van der Waals surface area contributed by atoms with Crippen LogP contribution < -0.4 is 21.5 Å². The van der Waals surface area contributed by atoms with Crippen LogP contribution >= 0.6 is 0 Å². The molecule has 3 aliphatic rings. The Hall–Kier alpha value is -3.41. The molecule has 3 aromatic rings. The van der Waals surface area contributed by atoms with Gasteiger partial charge in [-0.15, -0.1) is 0 Å². The van der Waals surface area contributed by atoms with Crippen molar-refractivity contribution in [2.45, 2.75) is 47.2 Å². The first-order valence-electron chi connectivity index (χ1n) is 12.6. The number of pyridine rings is 1. The van der Waals surface area contributed by atoms with Crippen molar-refractivity contribution in [1.82, 2.24) is 4.90 Å². The number of carbonyl (C=O) groups is 2. The highest BCUT2D eigenvalue weighted by Gasteiger charge is 2.21. The van der Waals surface area contributed by atoms with Crippen LogP contribution in [0, 0.1) is 0 Å². The summed E-state index contributed by atoms with van der Waals surface area (Å²) < 4.78 is 2.13. The average Bonchev–Trinajstić information content (AvgIpc) is 2.90. The molecule has 2 aromatic carbocycles. The van der Waals surface area contributed by atoms with E-state index < -0.39 is 0 Å². The lowest BCUT2D eigenvalue weighted by Crippen LogP contribution is -3.00. The number of rotatable bonds is 4. The Morgan fingerprint density at radius 1 is 0.744 bits per heavy atom. The van der Waals surface area contributed by atoms with Crippen molar-refractivity contribution in [2.75, 3.05) is 13.1 Å². The molecular weight excluding hydrogens is 548 g/mol. The van der Waals surface area contributed by atoms with E-state index in [1.807, 2.05) is 36.4 Å². The molecule has 2 heterocycles. The number of carbonyl (C=O) groups excluding carboxylic acids is 2. The number of nitrogens with zero attached hydrogens (tertiary/aromatic N) is 2. The Bertz CT molecular complexity index is 1340. The quantitative estimate of drug-likeness (QED) is 0.441. The van der Waals surface area contributed by atoms with Crippen LogP contribution in [-0.2, 0) is 29.1 Å². The Balaban J connectivity index is 0.000000254. The minimum absolute atomic E-state index is 0. The first-order valence-corrected chi connectivity index (χ1v) is 12.6. The molecule has 0 saturated heterocycles. The lowest BCUT2D eigenvalue weighted by atomic mass is 9.91. The molecule has 204 valence electrons. The lowest BCUT2D eigenvalue weighted by Gasteiger charge is -2.31. The van der Waals surface area contributed by atoms with E-state index in [2.05, 4.69) is 64.3 Å². The minimum Gasteiger partial charge on any atom is -1.00 e. The summed E-state index contributed by atoms with van der Waals surface area (Å²) in [5, 5.41) is 0.